The lowest BCUT2D eigenvalue weighted by Crippen LogP contribution is -2.47. The number of hydrogen-bond donors (Lipinski definition) is 3. The van der Waals surface area contributed by atoms with Crippen LogP contribution in [0.4, 0.5) is 10.5 Å². The first-order valence-electron chi connectivity index (χ1n) is 10.2. The summed E-state index contributed by atoms with van der Waals surface area (Å²) < 4.78 is 0. The number of benzene rings is 1. The largest absolute Gasteiger partial charge is 0.349 e. The van der Waals surface area contributed by atoms with Crippen LogP contribution in [0.1, 0.15) is 62.7 Å². The molecular formula is C21H28N4O4. The fourth-order valence-electron chi connectivity index (χ4n) is 3.72. The van der Waals surface area contributed by atoms with E-state index in [4.69, 9.17) is 0 Å². The summed E-state index contributed by atoms with van der Waals surface area (Å²) in [6.07, 6.45) is 4.57. The van der Waals surface area contributed by atoms with E-state index in [1.54, 1.807) is 24.3 Å². The fraction of sp³-hybridized carbons (Fsp3) is 0.524. The Hall–Kier alpha value is -2.90. The number of rotatable bonds is 9. The van der Waals surface area contributed by atoms with Crippen LogP contribution < -0.4 is 16.0 Å². The highest BCUT2D eigenvalue weighted by molar-refractivity contribution is 6.10. The van der Waals surface area contributed by atoms with Gasteiger partial charge < -0.3 is 16.0 Å². The summed E-state index contributed by atoms with van der Waals surface area (Å²) in [6, 6.07) is 6.31. The second-order valence-electron chi connectivity index (χ2n) is 7.78. The first-order valence-corrected chi connectivity index (χ1v) is 10.2. The summed E-state index contributed by atoms with van der Waals surface area (Å²) in [6.45, 7) is 3.55. The van der Waals surface area contributed by atoms with Crippen LogP contribution in [-0.4, -0.2) is 46.8 Å². The molecule has 0 spiro atoms. The van der Waals surface area contributed by atoms with E-state index in [2.05, 4.69) is 16.0 Å². The van der Waals surface area contributed by atoms with Gasteiger partial charge in [0.2, 0.25) is 5.91 Å². The van der Waals surface area contributed by atoms with Crippen LogP contribution in [-0.2, 0) is 9.59 Å². The molecule has 8 nitrogen and oxygen atoms in total. The number of anilines is 1. The van der Waals surface area contributed by atoms with Crippen molar-refractivity contribution in [3.8, 4) is 0 Å². The van der Waals surface area contributed by atoms with Crippen molar-refractivity contribution in [2.75, 3.05) is 11.9 Å². The summed E-state index contributed by atoms with van der Waals surface area (Å²) in [5.74, 6) is -1.02. The van der Waals surface area contributed by atoms with Crippen LogP contribution in [0.5, 0.6) is 0 Å². The maximum atomic E-state index is 12.9. The molecular weight excluding hydrogens is 372 g/mol. The van der Waals surface area contributed by atoms with Crippen LogP contribution in [0.15, 0.2) is 24.3 Å². The number of carbonyl (C=O) groups excluding carboxylic acids is 4. The van der Waals surface area contributed by atoms with Gasteiger partial charge in [-0.1, -0.05) is 32.8 Å². The third-order valence-electron chi connectivity index (χ3n) is 5.22. The number of nitrogens with one attached hydrogen (secondary N) is 3. The van der Waals surface area contributed by atoms with Gasteiger partial charge in [0.25, 0.3) is 11.8 Å². The minimum atomic E-state index is -0.915. The molecule has 8 heteroatoms. The molecule has 1 aromatic carbocycles. The van der Waals surface area contributed by atoms with E-state index >= 15 is 0 Å². The van der Waals surface area contributed by atoms with Gasteiger partial charge in [-0.05, 0) is 43.9 Å². The number of carbonyl (C=O) groups is 4. The van der Waals surface area contributed by atoms with Gasteiger partial charge in [0, 0.05) is 17.3 Å². The lowest BCUT2D eigenvalue weighted by molar-refractivity contribution is -0.134. The zero-order valence-corrected chi connectivity index (χ0v) is 16.9. The highest BCUT2D eigenvalue weighted by Crippen LogP contribution is 2.28. The molecule has 5 amide bonds. The van der Waals surface area contributed by atoms with Crippen molar-refractivity contribution in [2.24, 2.45) is 0 Å². The number of nitrogens with zero attached hydrogens (tertiary/aromatic N) is 1. The molecule has 1 saturated carbocycles. The summed E-state index contributed by atoms with van der Waals surface area (Å²) in [4.78, 5) is 50.8. The predicted octanol–water partition coefficient (Wildman–Crippen LogP) is 2.41. The van der Waals surface area contributed by atoms with Gasteiger partial charge in [-0.2, -0.15) is 0 Å². The zero-order valence-electron chi connectivity index (χ0n) is 16.9. The third kappa shape index (κ3) is 4.75. The first-order chi connectivity index (χ1) is 13.9. The highest BCUT2D eigenvalue weighted by Gasteiger charge is 2.50. The smallest absolute Gasteiger partial charge is 0.325 e. The topological polar surface area (TPSA) is 108 Å². The van der Waals surface area contributed by atoms with Crippen LogP contribution in [0.3, 0.4) is 0 Å². The monoisotopic (exact) mass is 400 g/mol. The van der Waals surface area contributed by atoms with Crippen molar-refractivity contribution in [1.29, 1.82) is 0 Å². The Labute approximate surface area is 170 Å². The van der Waals surface area contributed by atoms with Crippen molar-refractivity contribution in [3.05, 3.63) is 29.8 Å². The van der Waals surface area contributed by atoms with Crippen molar-refractivity contribution in [2.45, 2.75) is 64.0 Å². The molecule has 3 N–H and O–H groups in total. The van der Waals surface area contributed by atoms with E-state index in [0.29, 0.717) is 24.1 Å². The van der Waals surface area contributed by atoms with Crippen molar-refractivity contribution >= 4 is 29.4 Å². The van der Waals surface area contributed by atoms with Gasteiger partial charge in [-0.15, -0.1) is 0 Å². The van der Waals surface area contributed by atoms with Gasteiger partial charge in [-0.3, -0.25) is 19.3 Å². The normalized spacial score (nSPS) is 17.8. The molecule has 1 saturated heterocycles. The van der Waals surface area contributed by atoms with Gasteiger partial charge in [0.15, 0.2) is 0 Å². The number of urea groups is 1. The molecule has 29 heavy (non-hydrogen) atoms. The number of hydrogen-bond acceptors (Lipinski definition) is 4. The molecule has 2 aliphatic rings. The van der Waals surface area contributed by atoms with Gasteiger partial charge in [0.05, 0.1) is 0 Å². The second kappa shape index (κ2) is 8.63. The standard InChI is InChI=1S/C21H28N4O4/c1-3-10-21(11-4-2)19(28)25(20(29)24-21)13-17(26)22-16-7-5-6-14(12-16)18(27)23-15-8-9-15/h5-7,12,15H,3-4,8-11,13H2,1-2H3,(H,22,26)(H,23,27)(H,24,29). The molecule has 156 valence electrons. The molecule has 1 aromatic rings. The maximum Gasteiger partial charge on any atom is 0.325 e. The zero-order chi connectivity index (χ0) is 21.0. The maximum absolute atomic E-state index is 12.9. The van der Waals surface area contributed by atoms with Crippen molar-refractivity contribution in [1.82, 2.24) is 15.5 Å². The molecule has 0 unspecified atom stereocenters. The predicted molar refractivity (Wildman–Crippen MR) is 108 cm³/mol. The second-order valence-corrected chi connectivity index (χ2v) is 7.78. The molecule has 1 aliphatic carbocycles. The van der Waals surface area contributed by atoms with Crippen LogP contribution >= 0.6 is 0 Å². The Bertz CT molecular complexity index is 813. The minimum absolute atomic E-state index is 0.179. The van der Waals surface area contributed by atoms with Crippen molar-refractivity contribution in [3.63, 3.8) is 0 Å². The van der Waals surface area contributed by atoms with Gasteiger partial charge in [-0.25, -0.2) is 4.79 Å². The fourth-order valence-corrected chi connectivity index (χ4v) is 3.72. The quantitative estimate of drug-likeness (QED) is 0.553. The Kier molecular flexibility index (Phi) is 6.20. The average molecular weight is 400 g/mol. The van der Waals surface area contributed by atoms with Crippen LogP contribution in [0.2, 0.25) is 0 Å². The summed E-state index contributed by atoms with van der Waals surface area (Å²) in [5.41, 5.74) is -0.0183. The van der Waals surface area contributed by atoms with E-state index < -0.39 is 17.5 Å². The summed E-state index contributed by atoms with van der Waals surface area (Å²) in [5, 5.41) is 8.36. The molecule has 0 bridgehead atoms. The molecule has 3 rings (SSSR count). The summed E-state index contributed by atoms with van der Waals surface area (Å²) in [7, 11) is 0. The Morgan fingerprint density at radius 3 is 2.48 bits per heavy atom. The summed E-state index contributed by atoms with van der Waals surface area (Å²) >= 11 is 0. The Balaban J connectivity index is 1.63. The lowest BCUT2D eigenvalue weighted by atomic mass is 9.88. The molecule has 0 radical (unpaired) electrons. The molecule has 1 heterocycles. The van der Waals surface area contributed by atoms with E-state index in [1.807, 2.05) is 13.8 Å². The van der Waals surface area contributed by atoms with E-state index in [1.165, 1.54) is 0 Å². The first kappa shape index (κ1) is 20.8. The van der Waals surface area contributed by atoms with Gasteiger partial charge >= 0.3 is 6.03 Å². The molecule has 0 atom stereocenters. The SMILES string of the molecule is CCCC1(CCC)NC(=O)N(CC(=O)Nc2cccc(C(=O)NC3CC3)c2)C1=O. The van der Waals surface area contributed by atoms with Crippen LogP contribution in [0.25, 0.3) is 0 Å². The van der Waals surface area contributed by atoms with E-state index in [9.17, 15) is 19.2 Å². The highest BCUT2D eigenvalue weighted by atomic mass is 16.2. The Morgan fingerprint density at radius 1 is 1.17 bits per heavy atom. The lowest BCUT2D eigenvalue weighted by Gasteiger charge is -2.25. The van der Waals surface area contributed by atoms with Gasteiger partial charge in [0.1, 0.15) is 12.1 Å². The number of imide groups is 1. The molecule has 2 fully saturated rings. The average Bonchev–Trinajstić information content (AvgIpc) is 3.46. The minimum Gasteiger partial charge on any atom is -0.349 e. The Morgan fingerprint density at radius 2 is 1.86 bits per heavy atom. The van der Waals surface area contributed by atoms with Crippen molar-refractivity contribution < 1.29 is 19.2 Å². The number of amides is 5. The van der Waals surface area contributed by atoms with E-state index in [-0.39, 0.29) is 24.4 Å². The van der Waals surface area contributed by atoms with Crippen LogP contribution in [0, 0.1) is 0 Å². The molecule has 1 aliphatic heterocycles. The third-order valence-corrected chi connectivity index (χ3v) is 5.22. The molecule has 0 aromatic heterocycles. The van der Waals surface area contributed by atoms with E-state index in [0.717, 1.165) is 30.6 Å².